The third kappa shape index (κ3) is 2.00. The van der Waals surface area contributed by atoms with Gasteiger partial charge in [-0.2, -0.15) is 0 Å². The molecule has 72 valence electrons. The number of hydrogen-bond acceptors (Lipinski definition) is 3. The fourth-order valence-electron chi connectivity index (χ4n) is 1.32. The number of rotatable bonds is 3. The second-order valence-electron chi connectivity index (χ2n) is 3.06. The van der Waals surface area contributed by atoms with Gasteiger partial charge in [0.1, 0.15) is 0 Å². The van der Waals surface area contributed by atoms with Gasteiger partial charge in [-0.15, -0.1) is 11.3 Å². The first-order valence-corrected chi connectivity index (χ1v) is 5.41. The summed E-state index contributed by atoms with van der Waals surface area (Å²) in [5.41, 5.74) is 2.37. The van der Waals surface area contributed by atoms with Gasteiger partial charge < -0.3 is 5.32 Å². The molecule has 2 aromatic rings. The van der Waals surface area contributed by atoms with Crippen molar-refractivity contribution in [2.75, 3.05) is 7.05 Å². The van der Waals surface area contributed by atoms with Crippen molar-refractivity contribution in [3.05, 3.63) is 41.4 Å². The van der Waals surface area contributed by atoms with E-state index in [1.54, 1.807) is 11.3 Å². The lowest BCUT2D eigenvalue weighted by Gasteiger charge is -1.94. The van der Waals surface area contributed by atoms with Gasteiger partial charge in [-0.1, -0.05) is 6.07 Å². The van der Waals surface area contributed by atoms with Gasteiger partial charge in [0.15, 0.2) is 0 Å². The maximum absolute atomic E-state index is 4.31. The fraction of sp³-hybridized carbons (Fsp3) is 0.182. The second kappa shape index (κ2) is 4.35. The Morgan fingerprint density at radius 1 is 1.43 bits per heavy atom. The molecule has 0 aliphatic heterocycles. The lowest BCUT2D eigenvalue weighted by Crippen LogP contribution is -2.03. The maximum atomic E-state index is 4.31. The van der Waals surface area contributed by atoms with Crippen LogP contribution in [0.4, 0.5) is 0 Å². The summed E-state index contributed by atoms with van der Waals surface area (Å²) < 4.78 is 0. The van der Waals surface area contributed by atoms with E-state index in [1.807, 2.05) is 31.4 Å². The van der Waals surface area contributed by atoms with Gasteiger partial charge in [-0.25, -0.2) is 0 Å². The highest BCUT2D eigenvalue weighted by Gasteiger charge is 2.01. The van der Waals surface area contributed by atoms with Gasteiger partial charge in [0, 0.05) is 12.7 Å². The summed E-state index contributed by atoms with van der Waals surface area (Å²) in [6.07, 6.45) is 1.83. The first-order valence-electron chi connectivity index (χ1n) is 4.53. The van der Waals surface area contributed by atoms with E-state index in [-0.39, 0.29) is 0 Å². The minimum Gasteiger partial charge on any atom is -0.316 e. The minimum absolute atomic E-state index is 0.920. The number of nitrogens with one attached hydrogen (secondary N) is 1. The van der Waals surface area contributed by atoms with E-state index >= 15 is 0 Å². The van der Waals surface area contributed by atoms with Crippen molar-refractivity contribution < 1.29 is 0 Å². The highest BCUT2D eigenvalue weighted by atomic mass is 32.1. The Hall–Kier alpha value is -1.19. The summed E-state index contributed by atoms with van der Waals surface area (Å²) in [7, 11) is 1.96. The van der Waals surface area contributed by atoms with E-state index in [0.717, 1.165) is 12.2 Å². The molecule has 1 N–H and O–H groups in total. The molecule has 0 unspecified atom stereocenters. The topological polar surface area (TPSA) is 24.9 Å². The molecule has 0 atom stereocenters. The van der Waals surface area contributed by atoms with E-state index in [0.29, 0.717) is 0 Å². The summed E-state index contributed by atoms with van der Waals surface area (Å²) >= 11 is 1.74. The molecule has 2 nitrogen and oxygen atoms in total. The Morgan fingerprint density at radius 3 is 3.07 bits per heavy atom. The Bertz CT molecular complexity index is 395. The first kappa shape index (κ1) is 9.37. The highest BCUT2D eigenvalue weighted by molar-refractivity contribution is 7.13. The van der Waals surface area contributed by atoms with Gasteiger partial charge in [0.05, 0.1) is 10.6 Å². The standard InChI is InChI=1S/C11H12N2S/c1-12-7-9-6-11(14-8-9)10-4-2-3-5-13-10/h2-6,8,12H,7H2,1H3. The lowest BCUT2D eigenvalue weighted by atomic mass is 10.2. The molecule has 0 spiro atoms. The van der Waals surface area contributed by atoms with Crippen molar-refractivity contribution in [2.24, 2.45) is 0 Å². The Morgan fingerprint density at radius 2 is 2.36 bits per heavy atom. The molecule has 2 rings (SSSR count). The van der Waals surface area contributed by atoms with Crippen LogP contribution in [0.3, 0.4) is 0 Å². The lowest BCUT2D eigenvalue weighted by molar-refractivity contribution is 0.821. The molecule has 2 heterocycles. The van der Waals surface area contributed by atoms with Crippen molar-refractivity contribution in [1.82, 2.24) is 10.3 Å². The van der Waals surface area contributed by atoms with E-state index in [4.69, 9.17) is 0 Å². The van der Waals surface area contributed by atoms with E-state index in [9.17, 15) is 0 Å². The zero-order valence-corrected chi connectivity index (χ0v) is 8.84. The number of hydrogen-bond donors (Lipinski definition) is 1. The molecule has 0 aromatic carbocycles. The second-order valence-corrected chi connectivity index (χ2v) is 3.98. The first-order chi connectivity index (χ1) is 6.90. The average molecular weight is 204 g/mol. The van der Waals surface area contributed by atoms with Gasteiger partial charge in [-0.3, -0.25) is 4.98 Å². The van der Waals surface area contributed by atoms with Crippen LogP contribution >= 0.6 is 11.3 Å². The van der Waals surface area contributed by atoms with Crippen molar-refractivity contribution >= 4 is 11.3 Å². The molecule has 0 saturated heterocycles. The molecule has 0 amide bonds. The molecule has 0 bridgehead atoms. The molecule has 2 aromatic heterocycles. The maximum Gasteiger partial charge on any atom is 0.0801 e. The molecule has 0 aliphatic carbocycles. The van der Waals surface area contributed by atoms with E-state index in [2.05, 4.69) is 21.7 Å². The Balaban J connectivity index is 2.25. The molecule has 0 aliphatic rings. The molecule has 0 radical (unpaired) electrons. The fourth-order valence-corrected chi connectivity index (χ4v) is 2.21. The number of thiophene rings is 1. The number of pyridine rings is 1. The third-order valence-corrected chi connectivity index (χ3v) is 2.95. The van der Waals surface area contributed by atoms with Crippen molar-refractivity contribution in [1.29, 1.82) is 0 Å². The Labute approximate surface area is 87.6 Å². The normalized spacial score (nSPS) is 10.4. The Kier molecular flexibility index (Phi) is 2.91. The van der Waals surface area contributed by atoms with Crippen LogP contribution in [0.25, 0.3) is 10.6 Å². The van der Waals surface area contributed by atoms with Gasteiger partial charge >= 0.3 is 0 Å². The predicted octanol–water partition coefficient (Wildman–Crippen LogP) is 2.53. The summed E-state index contributed by atoms with van der Waals surface area (Å²) in [5, 5.41) is 5.30. The van der Waals surface area contributed by atoms with Crippen LogP contribution in [0.2, 0.25) is 0 Å². The van der Waals surface area contributed by atoms with E-state index in [1.165, 1.54) is 10.4 Å². The molecule has 0 fully saturated rings. The summed E-state index contributed by atoms with van der Waals surface area (Å²) in [6.45, 7) is 0.920. The zero-order chi connectivity index (χ0) is 9.80. The molecule has 14 heavy (non-hydrogen) atoms. The largest absolute Gasteiger partial charge is 0.316 e. The van der Waals surface area contributed by atoms with Crippen molar-refractivity contribution in [3.63, 3.8) is 0 Å². The predicted molar refractivity (Wildman–Crippen MR) is 60.3 cm³/mol. The van der Waals surface area contributed by atoms with Crippen LogP contribution in [0.15, 0.2) is 35.8 Å². The van der Waals surface area contributed by atoms with Gasteiger partial charge in [-0.05, 0) is 36.2 Å². The smallest absolute Gasteiger partial charge is 0.0801 e. The molecule has 0 saturated carbocycles. The monoisotopic (exact) mass is 204 g/mol. The van der Waals surface area contributed by atoms with Crippen molar-refractivity contribution in [3.8, 4) is 10.6 Å². The summed E-state index contributed by atoms with van der Waals surface area (Å²) in [6, 6.07) is 8.17. The SMILES string of the molecule is CNCc1csc(-c2ccccn2)c1. The number of aromatic nitrogens is 1. The average Bonchev–Trinajstić information content (AvgIpc) is 2.68. The zero-order valence-electron chi connectivity index (χ0n) is 8.03. The minimum atomic E-state index is 0.920. The summed E-state index contributed by atoms with van der Waals surface area (Å²) in [5.74, 6) is 0. The molecular formula is C11H12N2S. The van der Waals surface area contributed by atoms with Crippen LogP contribution in [-0.4, -0.2) is 12.0 Å². The molecule has 3 heteroatoms. The van der Waals surface area contributed by atoms with Crippen LogP contribution in [-0.2, 0) is 6.54 Å². The van der Waals surface area contributed by atoms with Gasteiger partial charge in [0.2, 0.25) is 0 Å². The van der Waals surface area contributed by atoms with Gasteiger partial charge in [0.25, 0.3) is 0 Å². The highest BCUT2D eigenvalue weighted by Crippen LogP contribution is 2.24. The van der Waals surface area contributed by atoms with Crippen LogP contribution in [0, 0.1) is 0 Å². The quantitative estimate of drug-likeness (QED) is 0.831. The van der Waals surface area contributed by atoms with Crippen LogP contribution in [0.1, 0.15) is 5.56 Å². The number of nitrogens with zero attached hydrogens (tertiary/aromatic N) is 1. The van der Waals surface area contributed by atoms with Crippen molar-refractivity contribution in [2.45, 2.75) is 6.54 Å². The van der Waals surface area contributed by atoms with E-state index < -0.39 is 0 Å². The van der Waals surface area contributed by atoms with Crippen LogP contribution < -0.4 is 5.32 Å². The van der Waals surface area contributed by atoms with Crippen LogP contribution in [0.5, 0.6) is 0 Å². The molecular weight excluding hydrogens is 192 g/mol. The third-order valence-electron chi connectivity index (χ3n) is 1.95. The summed E-state index contributed by atoms with van der Waals surface area (Å²) in [4.78, 5) is 5.54.